The molecule has 0 saturated heterocycles. The molecular formula is C46H54Cl2Zr. The van der Waals surface area contributed by atoms with Crippen LogP contribution in [-0.4, -0.2) is 3.21 Å². The molecule has 1 unspecified atom stereocenters. The van der Waals surface area contributed by atoms with Crippen molar-refractivity contribution in [3.8, 4) is 11.1 Å². The van der Waals surface area contributed by atoms with Crippen LogP contribution in [0.3, 0.4) is 0 Å². The number of benzene rings is 4. The predicted molar refractivity (Wildman–Crippen MR) is 202 cm³/mol. The average Bonchev–Trinajstić information content (AvgIpc) is 3.56. The minimum atomic E-state index is -2.94. The molecular weight excluding hydrogens is 715 g/mol. The van der Waals surface area contributed by atoms with Crippen LogP contribution in [0.4, 0.5) is 0 Å². The van der Waals surface area contributed by atoms with Crippen molar-refractivity contribution in [3.63, 3.8) is 0 Å². The van der Waals surface area contributed by atoms with Crippen molar-refractivity contribution in [1.29, 1.82) is 0 Å². The van der Waals surface area contributed by atoms with Crippen LogP contribution in [0.25, 0.3) is 11.1 Å². The fourth-order valence-corrected chi connectivity index (χ4v) is 16.8. The third-order valence-corrected chi connectivity index (χ3v) is 18.5. The maximum atomic E-state index is 2.66. The SMILES string of the molecule is Cc1ccc([C](c2ccc(C)cc2)=[Zr+2]([C]2=CC(C(C)(C)C)=CC2C)[c]2c(C(C)(C)C)ccc3c2Cc2cc(C(C)(C)C)ccc2-3)cc1.[Cl-].[Cl-]. The van der Waals surface area contributed by atoms with E-state index in [1.165, 1.54) is 50.1 Å². The predicted octanol–water partition coefficient (Wildman–Crippen LogP) is 5.50. The smallest absolute Gasteiger partial charge is 1.00 e. The summed E-state index contributed by atoms with van der Waals surface area (Å²) < 4.78 is 5.03. The van der Waals surface area contributed by atoms with E-state index in [1.807, 2.05) is 0 Å². The van der Waals surface area contributed by atoms with E-state index in [2.05, 4.69) is 174 Å². The molecule has 0 bridgehead atoms. The Kier molecular flexibility index (Phi) is 11.6. The van der Waals surface area contributed by atoms with Gasteiger partial charge in [0.15, 0.2) is 0 Å². The summed E-state index contributed by atoms with van der Waals surface area (Å²) in [5, 5.41) is 0. The largest absolute Gasteiger partial charge is 1.00 e. The first-order valence-corrected chi connectivity index (χ1v) is 21.3. The monoisotopic (exact) mass is 766 g/mol. The maximum Gasteiger partial charge on any atom is -1.00 e. The van der Waals surface area contributed by atoms with E-state index in [9.17, 15) is 0 Å². The zero-order valence-electron chi connectivity index (χ0n) is 31.7. The van der Waals surface area contributed by atoms with Gasteiger partial charge in [-0.2, -0.15) is 0 Å². The molecule has 4 aromatic rings. The number of fused-ring (bicyclic) bond motifs is 3. The van der Waals surface area contributed by atoms with Crippen molar-refractivity contribution in [2.75, 3.05) is 0 Å². The Labute approximate surface area is 317 Å². The summed E-state index contributed by atoms with van der Waals surface area (Å²) in [5.41, 5.74) is 16.1. The van der Waals surface area contributed by atoms with Crippen molar-refractivity contribution in [3.05, 3.63) is 144 Å². The van der Waals surface area contributed by atoms with Gasteiger partial charge in [0, 0.05) is 0 Å². The standard InChI is InChI=1S/C21H25.C15H14.C10H15.2ClH.Zr/c1-20(2,3)16-7-9-18-14(12-16)11-15-13-17(21(4,5)6)8-10-19(15)18;1-12-3-7-14(8-4-12)11-15-9-5-13(2)6-10-15;1-8-5-6-9(7-8)10(2,3)4;;;/h7-10,12H,11H2,1-6H3;3-10H,1-2H3;6-8H,1-4H3;2*1H;/q;;;;;+2/p-2. The molecule has 0 saturated carbocycles. The molecule has 0 radical (unpaired) electrons. The van der Waals surface area contributed by atoms with Gasteiger partial charge in [0.1, 0.15) is 0 Å². The van der Waals surface area contributed by atoms with E-state index in [4.69, 9.17) is 0 Å². The molecule has 0 nitrogen and oxygen atoms in total. The fraction of sp³-hybridized carbons (Fsp3) is 0.370. The topological polar surface area (TPSA) is 0 Å². The van der Waals surface area contributed by atoms with Gasteiger partial charge in [-0.15, -0.1) is 0 Å². The van der Waals surface area contributed by atoms with E-state index in [1.54, 1.807) is 20.9 Å². The Morgan fingerprint density at radius 3 is 1.63 bits per heavy atom. The van der Waals surface area contributed by atoms with Crippen LogP contribution < -0.4 is 28.1 Å². The minimum Gasteiger partial charge on any atom is -1.00 e. The molecule has 0 amide bonds. The van der Waals surface area contributed by atoms with Gasteiger partial charge in [-0.05, 0) is 0 Å². The van der Waals surface area contributed by atoms with E-state index in [-0.39, 0.29) is 41.1 Å². The summed E-state index contributed by atoms with van der Waals surface area (Å²) >= 11 is -2.94. The third kappa shape index (κ3) is 7.81. The van der Waals surface area contributed by atoms with E-state index >= 15 is 0 Å². The van der Waals surface area contributed by atoms with Gasteiger partial charge in [-0.1, -0.05) is 0 Å². The second-order valence-electron chi connectivity index (χ2n) is 17.3. The molecule has 3 heteroatoms. The van der Waals surface area contributed by atoms with Crippen LogP contribution >= 0.6 is 0 Å². The zero-order chi connectivity index (χ0) is 34.1. The van der Waals surface area contributed by atoms with Crippen molar-refractivity contribution in [1.82, 2.24) is 0 Å². The number of hydrogen-bond donors (Lipinski definition) is 0. The number of halogens is 2. The Balaban J connectivity index is 0.00000270. The van der Waals surface area contributed by atoms with Crippen molar-refractivity contribution in [2.24, 2.45) is 11.3 Å². The molecule has 4 aromatic carbocycles. The van der Waals surface area contributed by atoms with Crippen LogP contribution in [0.2, 0.25) is 0 Å². The molecule has 0 heterocycles. The minimum absolute atomic E-state index is 0. The summed E-state index contributed by atoms with van der Waals surface area (Å²) in [5.74, 6) is 0.421. The fourth-order valence-electron chi connectivity index (χ4n) is 7.44. The molecule has 0 spiro atoms. The first-order chi connectivity index (χ1) is 21.9. The average molecular weight is 769 g/mol. The Bertz CT molecular complexity index is 1900. The molecule has 1 atom stereocenters. The molecule has 6 rings (SSSR count). The van der Waals surface area contributed by atoms with Crippen molar-refractivity contribution in [2.45, 2.75) is 100 Å². The molecule has 0 aliphatic heterocycles. The molecule has 0 aromatic heterocycles. The molecule has 0 fully saturated rings. The Morgan fingerprint density at radius 2 is 1.16 bits per heavy atom. The Hall–Kier alpha value is -2.31. The van der Waals surface area contributed by atoms with Crippen LogP contribution in [0.1, 0.15) is 114 Å². The maximum absolute atomic E-state index is 2.94. The molecule has 49 heavy (non-hydrogen) atoms. The molecule has 2 aliphatic rings. The van der Waals surface area contributed by atoms with Crippen molar-refractivity contribution < 1.29 is 46.1 Å². The second-order valence-corrected chi connectivity index (χ2v) is 23.0. The van der Waals surface area contributed by atoms with Crippen LogP contribution in [0, 0.1) is 25.2 Å². The van der Waals surface area contributed by atoms with Gasteiger partial charge < -0.3 is 24.8 Å². The summed E-state index contributed by atoms with van der Waals surface area (Å²) in [4.78, 5) is 0. The summed E-state index contributed by atoms with van der Waals surface area (Å²) in [7, 11) is 0. The van der Waals surface area contributed by atoms with Gasteiger partial charge in [-0.3, -0.25) is 0 Å². The quantitative estimate of drug-likeness (QED) is 0.227. The number of aryl methyl sites for hydroxylation is 2. The summed E-state index contributed by atoms with van der Waals surface area (Å²) in [6, 6.07) is 31.2. The van der Waals surface area contributed by atoms with Gasteiger partial charge in [0.05, 0.1) is 0 Å². The molecule has 256 valence electrons. The molecule has 2 aliphatic carbocycles. The summed E-state index contributed by atoms with van der Waals surface area (Å²) in [6.45, 7) is 28.3. The van der Waals surface area contributed by atoms with Gasteiger partial charge in [-0.25, -0.2) is 0 Å². The number of allylic oxidation sites excluding steroid dienone is 4. The van der Waals surface area contributed by atoms with Gasteiger partial charge in [0.2, 0.25) is 0 Å². The first kappa shape index (κ1) is 39.5. The normalized spacial score (nSPS) is 15.2. The van der Waals surface area contributed by atoms with E-state index < -0.39 is 21.3 Å². The van der Waals surface area contributed by atoms with E-state index in [0.717, 1.165) is 6.42 Å². The van der Waals surface area contributed by atoms with Crippen LogP contribution in [0.5, 0.6) is 0 Å². The van der Waals surface area contributed by atoms with Crippen LogP contribution in [0.15, 0.2) is 99.9 Å². The van der Waals surface area contributed by atoms with E-state index in [0.29, 0.717) is 5.92 Å². The molecule has 0 N–H and O–H groups in total. The van der Waals surface area contributed by atoms with Gasteiger partial charge >= 0.3 is 295 Å². The first-order valence-electron chi connectivity index (χ1n) is 17.6. The number of rotatable bonds is 4. The van der Waals surface area contributed by atoms with Crippen molar-refractivity contribution >= 4 is 6.48 Å². The summed E-state index contributed by atoms with van der Waals surface area (Å²) in [6.07, 6.45) is 6.27. The second kappa shape index (κ2) is 14.4. The Morgan fingerprint density at radius 1 is 0.633 bits per heavy atom. The third-order valence-electron chi connectivity index (χ3n) is 10.3. The zero-order valence-corrected chi connectivity index (χ0v) is 35.7. The van der Waals surface area contributed by atoms with Crippen LogP contribution in [-0.2, 0) is 38.5 Å². The van der Waals surface area contributed by atoms with Gasteiger partial charge in [0.25, 0.3) is 0 Å². The number of hydrogen-bond acceptors (Lipinski definition) is 0.